The van der Waals surface area contributed by atoms with Gasteiger partial charge in [0.2, 0.25) is 0 Å². The minimum atomic E-state index is -0.873. The molecule has 0 saturated carbocycles. The third kappa shape index (κ3) is 3.04. The number of pyridine rings is 2. The van der Waals surface area contributed by atoms with E-state index in [0.29, 0.717) is 11.4 Å². The quantitative estimate of drug-likeness (QED) is 0.551. The Morgan fingerprint density at radius 2 is 1.68 bits per heavy atom. The van der Waals surface area contributed by atoms with Gasteiger partial charge in [-0.2, -0.15) is 0 Å². The van der Waals surface area contributed by atoms with Crippen molar-refractivity contribution < 1.29 is 8.78 Å². The van der Waals surface area contributed by atoms with Crippen LogP contribution in [0.5, 0.6) is 0 Å². The van der Waals surface area contributed by atoms with Crippen molar-refractivity contribution in [2.45, 2.75) is 0 Å². The van der Waals surface area contributed by atoms with Crippen LogP contribution in [0.15, 0.2) is 73.1 Å². The molecule has 0 aliphatic rings. The fraction of sp³-hybridized carbons (Fsp3) is 0. The number of benzene rings is 2. The summed E-state index contributed by atoms with van der Waals surface area (Å²) in [6, 6.07) is 17.3. The molecule has 1 N–H and O–H groups in total. The Hall–Kier alpha value is -3.34. The molecule has 3 nitrogen and oxygen atoms in total. The van der Waals surface area contributed by atoms with E-state index < -0.39 is 11.6 Å². The summed E-state index contributed by atoms with van der Waals surface area (Å²) in [5.74, 6) is -1.15. The van der Waals surface area contributed by atoms with Gasteiger partial charge in [-0.1, -0.05) is 30.3 Å². The summed E-state index contributed by atoms with van der Waals surface area (Å²) in [6.45, 7) is 0. The molecule has 0 amide bonds. The Kier molecular flexibility index (Phi) is 3.82. The first-order chi connectivity index (χ1) is 12.2. The van der Waals surface area contributed by atoms with Crippen LogP contribution < -0.4 is 5.32 Å². The minimum absolute atomic E-state index is 0.187. The molecule has 2 aromatic heterocycles. The number of hydrogen-bond donors (Lipinski definition) is 1. The summed E-state index contributed by atoms with van der Waals surface area (Å²) in [6.07, 6.45) is 3.23. The lowest BCUT2D eigenvalue weighted by Gasteiger charge is -2.08. The lowest BCUT2D eigenvalue weighted by Crippen LogP contribution is -1.95. The molecule has 0 unspecified atom stereocenters. The summed E-state index contributed by atoms with van der Waals surface area (Å²) in [4.78, 5) is 8.66. The van der Waals surface area contributed by atoms with E-state index >= 15 is 0 Å². The van der Waals surface area contributed by atoms with E-state index in [1.807, 2.05) is 30.3 Å². The summed E-state index contributed by atoms with van der Waals surface area (Å²) in [5, 5.41) is 4.18. The molecule has 2 heterocycles. The first-order valence-electron chi connectivity index (χ1n) is 7.73. The van der Waals surface area contributed by atoms with Crippen LogP contribution >= 0.6 is 0 Å². The fourth-order valence-electron chi connectivity index (χ4n) is 2.64. The van der Waals surface area contributed by atoms with Gasteiger partial charge in [-0.05, 0) is 30.3 Å². The number of fused-ring (bicyclic) bond motifs is 1. The average molecular weight is 333 g/mol. The van der Waals surface area contributed by atoms with Crippen LogP contribution in [-0.4, -0.2) is 9.97 Å². The highest BCUT2D eigenvalue weighted by Crippen LogP contribution is 2.25. The van der Waals surface area contributed by atoms with Gasteiger partial charge in [-0.15, -0.1) is 0 Å². The van der Waals surface area contributed by atoms with Crippen LogP contribution in [0.3, 0.4) is 0 Å². The van der Waals surface area contributed by atoms with Crippen LogP contribution in [0, 0.1) is 11.6 Å². The van der Waals surface area contributed by atoms with Crippen molar-refractivity contribution in [3.8, 4) is 11.1 Å². The topological polar surface area (TPSA) is 37.8 Å². The smallest absolute Gasteiger partial charge is 0.166 e. The van der Waals surface area contributed by atoms with Crippen molar-refractivity contribution in [2.75, 3.05) is 5.32 Å². The van der Waals surface area contributed by atoms with E-state index in [9.17, 15) is 8.78 Å². The Morgan fingerprint density at radius 3 is 2.52 bits per heavy atom. The monoisotopic (exact) mass is 333 g/mol. The van der Waals surface area contributed by atoms with Gasteiger partial charge < -0.3 is 5.32 Å². The predicted molar refractivity (Wildman–Crippen MR) is 94.6 cm³/mol. The Bertz CT molecular complexity index is 1050. The molecule has 122 valence electrons. The molecular weight excluding hydrogens is 320 g/mol. The summed E-state index contributed by atoms with van der Waals surface area (Å²) >= 11 is 0. The van der Waals surface area contributed by atoms with Gasteiger partial charge in [0.15, 0.2) is 11.6 Å². The maximum atomic E-state index is 13.9. The third-order valence-electron chi connectivity index (χ3n) is 3.89. The first kappa shape index (κ1) is 15.2. The molecule has 0 saturated heterocycles. The molecule has 0 aliphatic heterocycles. The van der Waals surface area contributed by atoms with Crippen molar-refractivity contribution in [1.82, 2.24) is 9.97 Å². The predicted octanol–water partition coefficient (Wildman–Crippen LogP) is 5.32. The molecule has 0 aliphatic carbocycles. The van der Waals surface area contributed by atoms with Gasteiger partial charge >= 0.3 is 0 Å². The molecule has 0 atom stereocenters. The number of nitrogens with one attached hydrogen (secondary N) is 1. The zero-order chi connectivity index (χ0) is 17.2. The number of hydrogen-bond acceptors (Lipinski definition) is 3. The first-order valence-corrected chi connectivity index (χ1v) is 7.73. The molecule has 2 aromatic carbocycles. The van der Waals surface area contributed by atoms with E-state index in [1.165, 1.54) is 18.3 Å². The third-order valence-corrected chi connectivity index (χ3v) is 3.89. The lowest BCUT2D eigenvalue weighted by molar-refractivity contribution is 0.511. The van der Waals surface area contributed by atoms with Crippen molar-refractivity contribution in [2.24, 2.45) is 0 Å². The largest absolute Gasteiger partial charge is 0.339 e. The summed E-state index contributed by atoms with van der Waals surface area (Å²) in [7, 11) is 0. The highest BCUT2D eigenvalue weighted by Gasteiger charge is 2.10. The van der Waals surface area contributed by atoms with Gasteiger partial charge in [0.05, 0.1) is 17.4 Å². The summed E-state index contributed by atoms with van der Waals surface area (Å²) < 4.78 is 27.2. The Balaban J connectivity index is 1.60. The molecule has 4 rings (SSSR count). The normalized spacial score (nSPS) is 10.8. The van der Waals surface area contributed by atoms with Crippen LogP contribution in [0.25, 0.3) is 22.0 Å². The SMILES string of the molecule is Fc1cccc(-c2ccc(Nc3cnc4ccccc4c3)nc2)c1F. The van der Waals surface area contributed by atoms with Crippen LogP contribution in [0.2, 0.25) is 0 Å². The molecule has 0 bridgehead atoms. The van der Waals surface area contributed by atoms with Gasteiger partial charge in [-0.25, -0.2) is 13.8 Å². The zero-order valence-corrected chi connectivity index (χ0v) is 13.1. The Labute approximate surface area is 143 Å². The molecule has 5 heteroatoms. The molecule has 0 fully saturated rings. The zero-order valence-electron chi connectivity index (χ0n) is 13.1. The lowest BCUT2D eigenvalue weighted by atomic mass is 10.1. The number of aromatic nitrogens is 2. The minimum Gasteiger partial charge on any atom is -0.339 e. The Morgan fingerprint density at radius 1 is 0.800 bits per heavy atom. The van der Waals surface area contributed by atoms with Crippen LogP contribution in [0.4, 0.5) is 20.3 Å². The van der Waals surface area contributed by atoms with Crippen molar-refractivity contribution in [1.29, 1.82) is 0 Å². The van der Waals surface area contributed by atoms with Crippen molar-refractivity contribution in [3.63, 3.8) is 0 Å². The molecular formula is C20H13F2N3. The van der Waals surface area contributed by atoms with E-state index in [1.54, 1.807) is 18.3 Å². The molecule has 0 radical (unpaired) electrons. The molecule has 0 spiro atoms. The van der Waals surface area contributed by atoms with Gasteiger partial charge in [0, 0.05) is 22.7 Å². The highest BCUT2D eigenvalue weighted by atomic mass is 19.2. The molecule has 4 aromatic rings. The summed E-state index contributed by atoms with van der Waals surface area (Å²) in [5.41, 5.74) is 2.42. The number of para-hydroxylation sites is 1. The number of halogens is 2. The number of nitrogens with zero attached hydrogens (tertiary/aromatic N) is 2. The van der Waals surface area contributed by atoms with Crippen LogP contribution in [-0.2, 0) is 0 Å². The molecule has 25 heavy (non-hydrogen) atoms. The maximum Gasteiger partial charge on any atom is 0.166 e. The number of anilines is 2. The second kappa shape index (κ2) is 6.28. The van der Waals surface area contributed by atoms with E-state index in [-0.39, 0.29) is 5.56 Å². The standard InChI is InChI=1S/C20H13F2N3/c21-17-6-3-5-16(20(17)22)14-8-9-19(24-11-14)25-15-10-13-4-1-2-7-18(13)23-12-15/h1-12H,(H,24,25). The fourth-order valence-corrected chi connectivity index (χ4v) is 2.64. The second-order valence-electron chi connectivity index (χ2n) is 5.58. The van der Waals surface area contributed by atoms with Gasteiger partial charge in [0.25, 0.3) is 0 Å². The second-order valence-corrected chi connectivity index (χ2v) is 5.58. The number of rotatable bonds is 3. The van der Waals surface area contributed by atoms with E-state index in [2.05, 4.69) is 15.3 Å². The van der Waals surface area contributed by atoms with E-state index in [4.69, 9.17) is 0 Å². The van der Waals surface area contributed by atoms with E-state index in [0.717, 1.165) is 22.7 Å². The van der Waals surface area contributed by atoms with Gasteiger partial charge in [0.1, 0.15) is 5.82 Å². The van der Waals surface area contributed by atoms with Crippen LogP contribution in [0.1, 0.15) is 0 Å². The highest BCUT2D eigenvalue weighted by molar-refractivity contribution is 5.82. The van der Waals surface area contributed by atoms with Crippen molar-refractivity contribution >= 4 is 22.4 Å². The maximum absolute atomic E-state index is 13.9. The average Bonchev–Trinajstić information content (AvgIpc) is 2.65. The van der Waals surface area contributed by atoms with Gasteiger partial charge in [-0.3, -0.25) is 4.98 Å². The van der Waals surface area contributed by atoms with Crippen molar-refractivity contribution in [3.05, 3.63) is 84.7 Å².